The molecule has 0 aromatic carbocycles. The number of nitrogens with one attached hydrogen (secondary N) is 1. The van der Waals surface area contributed by atoms with Crippen molar-refractivity contribution in [3.05, 3.63) is 12.2 Å². The normalized spacial score (nSPS) is 13.3. The first kappa shape index (κ1) is 17.2. The molecule has 0 aliphatic carbocycles. The average molecular weight is 280 g/mol. The predicted octanol–water partition coefficient (Wildman–Crippen LogP) is 3.14. The summed E-state index contributed by atoms with van der Waals surface area (Å²) in [5, 5.41) is 7.95. The summed E-state index contributed by atoms with van der Waals surface area (Å²) in [7, 11) is 0. The molecule has 0 fully saturated rings. The minimum Gasteiger partial charge on any atom is -0.316 e. The summed E-state index contributed by atoms with van der Waals surface area (Å²) in [5.41, 5.74) is 0. The van der Waals surface area contributed by atoms with Crippen LogP contribution in [0.4, 0.5) is 0 Å². The van der Waals surface area contributed by atoms with E-state index in [-0.39, 0.29) is 0 Å². The van der Waals surface area contributed by atoms with Gasteiger partial charge in [-0.05, 0) is 37.3 Å². The molecule has 0 bridgehead atoms. The van der Waals surface area contributed by atoms with Gasteiger partial charge in [0.2, 0.25) is 0 Å². The largest absolute Gasteiger partial charge is 0.316 e. The van der Waals surface area contributed by atoms with Crippen molar-refractivity contribution >= 4 is 0 Å². The molecule has 1 unspecified atom stereocenters. The Morgan fingerprint density at radius 2 is 1.90 bits per heavy atom. The SMILES string of the molecule is CCCC(CNCC(C)C)Cc1ncnn1CC(C)C. The summed E-state index contributed by atoms with van der Waals surface area (Å²) >= 11 is 0. The van der Waals surface area contributed by atoms with Gasteiger partial charge in [0.1, 0.15) is 12.2 Å². The van der Waals surface area contributed by atoms with Gasteiger partial charge >= 0.3 is 0 Å². The Morgan fingerprint density at radius 3 is 2.50 bits per heavy atom. The molecule has 0 saturated carbocycles. The molecule has 1 rings (SSSR count). The lowest BCUT2D eigenvalue weighted by Gasteiger charge is -2.18. The first-order valence-electron chi connectivity index (χ1n) is 8.10. The summed E-state index contributed by atoms with van der Waals surface area (Å²) in [6.07, 6.45) is 5.21. The van der Waals surface area contributed by atoms with Crippen LogP contribution < -0.4 is 5.32 Å². The fourth-order valence-corrected chi connectivity index (χ4v) is 2.46. The molecule has 20 heavy (non-hydrogen) atoms. The first-order valence-corrected chi connectivity index (χ1v) is 8.10. The van der Waals surface area contributed by atoms with Crippen molar-refractivity contribution in [2.75, 3.05) is 13.1 Å². The summed E-state index contributed by atoms with van der Waals surface area (Å²) in [5.74, 6) is 3.12. The maximum absolute atomic E-state index is 4.46. The third-order valence-corrected chi connectivity index (χ3v) is 3.39. The van der Waals surface area contributed by atoms with Crippen LogP contribution in [0.5, 0.6) is 0 Å². The lowest BCUT2D eigenvalue weighted by atomic mass is 9.99. The summed E-state index contributed by atoms with van der Waals surface area (Å²) in [6, 6.07) is 0. The zero-order valence-corrected chi connectivity index (χ0v) is 13.9. The number of aromatic nitrogens is 3. The molecule has 1 aromatic rings. The van der Waals surface area contributed by atoms with Crippen molar-refractivity contribution in [3.8, 4) is 0 Å². The molecule has 1 heterocycles. The van der Waals surface area contributed by atoms with Crippen molar-refractivity contribution in [2.45, 2.75) is 60.4 Å². The molecular weight excluding hydrogens is 248 g/mol. The molecular formula is C16H32N4. The van der Waals surface area contributed by atoms with E-state index in [9.17, 15) is 0 Å². The zero-order valence-electron chi connectivity index (χ0n) is 13.9. The van der Waals surface area contributed by atoms with Gasteiger partial charge in [-0.1, -0.05) is 41.0 Å². The monoisotopic (exact) mass is 280 g/mol. The van der Waals surface area contributed by atoms with E-state index in [1.54, 1.807) is 6.33 Å². The third kappa shape index (κ3) is 6.51. The number of rotatable bonds is 10. The van der Waals surface area contributed by atoms with Gasteiger partial charge in [-0.2, -0.15) is 5.10 Å². The van der Waals surface area contributed by atoms with Crippen LogP contribution in [0.15, 0.2) is 6.33 Å². The van der Waals surface area contributed by atoms with Gasteiger partial charge in [0.25, 0.3) is 0 Å². The van der Waals surface area contributed by atoms with Gasteiger partial charge in [0.05, 0.1) is 0 Å². The smallest absolute Gasteiger partial charge is 0.138 e. The van der Waals surface area contributed by atoms with E-state index in [1.165, 1.54) is 12.8 Å². The minimum absolute atomic E-state index is 0.610. The molecule has 1 aromatic heterocycles. The van der Waals surface area contributed by atoms with Crippen LogP contribution in [0.2, 0.25) is 0 Å². The maximum Gasteiger partial charge on any atom is 0.138 e. The quantitative estimate of drug-likeness (QED) is 0.716. The van der Waals surface area contributed by atoms with Gasteiger partial charge in [0.15, 0.2) is 0 Å². The van der Waals surface area contributed by atoms with Gasteiger partial charge in [-0.3, -0.25) is 0 Å². The van der Waals surface area contributed by atoms with Gasteiger partial charge in [0, 0.05) is 13.0 Å². The molecule has 4 nitrogen and oxygen atoms in total. The van der Waals surface area contributed by atoms with Crippen LogP contribution in [-0.4, -0.2) is 27.9 Å². The highest BCUT2D eigenvalue weighted by Gasteiger charge is 2.14. The number of hydrogen-bond acceptors (Lipinski definition) is 3. The lowest BCUT2D eigenvalue weighted by molar-refractivity contribution is 0.394. The predicted molar refractivity (Wildman–Crippen MR) is 84.7 cm³/mol. The van der Waals surface area contributed by atoms with Crippen molar-refractivity contribution in [3.63, 3.8) is 0 Å². The Labute approximate surface area is 124 Å². The number of nitrogens with zero attached hydrogens (tertiary/aromatic N) is 3. The highest BCUT2D eigenvalue weighted by molar-refractivity contribution is 4.88. The van der Waals surface area contributed by atoms with Crippen molar-refractivity contribution in [1.82, 2.24) is 20.1 Å². The van der Waals surface area contributed by atoms with E-state index in [2.05, 4.69) is 54.7 Å². The highest BCUT2D eigenvalue weighted by atomic mass is 15.3. The van der Waals surface area contributed by atoms with E-state index in [0.29, 0.717) is 17.8 Å². The Morgan fingerprint density at radius 1 is 1.15 bits per heavy atom. The van der Waals surface area contributed by atoms with Gasteiger partial charge in [-0.25, -0.2) is 9.67 Å². The molecule has 116 valence electrons. The van der Waals surface area contributed by atoms with E-state index in [0.717, 1.165) is 31.9 Å². The molecule has 0 amide bonds. The van der Waals surface area contributed by atoms with Crippen molar-refractivity contribution < 1.29 is 0 Å². The second-order valence-electron chi connectivity index (χ2n) is 6.66. The van der Waals surface area contributed by atoms with Crippen molar-refractivity contribution in [1.29, 1.82) is 0 Å². The fraction of sp³-hybridized carbons (Fsp3) is 0.875. The van der Waals surface area contributed by atoms with E-state index < -0.39 is 0 Å². The molecule has 0 spiro atoms. The van der Waals surface area contributed by atoms with E-state index in [1.807, 2.05) is 0 Å². The molecule has 4 heteroatoms. The first-order chi connectivity index (χ1) is 9.52. The third-order valence-electron chi connectivity index (χ3n) is 3.39. The van der Waals surface area contributed by atoms with E-state index in [4.69, 9.17) is 0 Å². The summed E-state index contributed by atoms with van der Waals surface area (Å²) in [6.45, 7) is 14.3. The lowest BCUT2D eigenvalue weighted by Crippen LogP contribution is -2.28. The topological polar surface area (TPSA) is 42.7 Å². The second kappa shape index (κ2) is 9.11. The average Bonchev–Trinajstić information content (AvgIpc) is 2.75. The Hall–Kier alpha value is -0.900. The summed E-state index contributed by atoms with van der Waals surface area (Å²) < 4.78 is 2.08. The molecule has 0 radical (unpaired) electrons. The summed E-state index contributed by atoms with van der Waals surface area (Å²) in [4.78, 5) is 4.46. The molecule has 1 atom stereocenters. The highest BCUT2D eigenvalue weighted by Crippen LogP contribution is 2.13. The zero-order chi connectivity index (χ0) is 15.0. The van der Waals surface area contributed by atoms with Gasteiger partial charge in [-0.15, -0.1) is 0 Å². The standard InChI is InChI=1S/C16H32N4/c1-6-7-15(10-17-9-13(2)3)8-16-18-12-19-20(16)11-14(4)5/h12-15,17H,6-11H2,1-5H3. The molecule has 1 N–H and O–H groups in total. The van der Waals surface area contributed by atoms with E-state index >= 15 is 0 Å². The van der Waals surface area contributed by atoms with Crippen LogP contribution in [-0.2, 0) is 13.0 Å². The van der Waals surface area contributed by atoms with Crippen LogP contribution in [0.25, 0.3) is 0 Å². The van der Waals surface area contributed by atoms with Gasteiger partial charge < -0.3 is 5.32 Å². The minimum atomic E-state index is 0.610. The van der Waals surface area contributed by atoms with Crippen LogP contribution in [0.3, 0.4) is 0 Å². The number of hydrogen-bond donors (Lipinski definition) is 1. The molecule has 0 aliphatic rings. The molecule has 0 saturated heterocycles. The molecule has 0 aliphatic heterocycles. The maximum atomic E-state index is 4.46. The second-order valence-corrected chi connectivity index (χ2v) is 6.66. The van der Waals surface area contributed by atoms with Crippen LogP contribution >= 0.6 is 0 Å². The Balaban J connectivity index is 2.53. The van der Waals surface area contributed by atoms with Crippen LogP contribution in [0.1, 0.15) is 53.3 Å². The van der Waals surface area contributed by atoms with Crippen molar-refractivity contribution in [2.24, 2.45) is 17.8 Å². The van der Waals surface area contributed by atoms with Crippen LogP contribution in [0, 0.1) is 17.8 Å². The Bertz CT molecular complexity index is 357. The Kier molecular flexibility index (Phi) is 7.82. The fourth-order valence-electron chi connectivity index (χ4n) is 2.46.